The lowest BCUT2D eigenvalue weighted by Crippen LogP contribution is -2.27. The first-order valence-electron chi connectivity index (χ1n) is 7.12. The van der Waals surface area contributed by atoms with Gasteiger partial charge in [-0.2, -0.15) is 0 Å². The van der Waals surface area contributed by atoms with Crippen molar-refractivity contribution in [3.63, 3.8) is 0 Å². The van der Waals surface area contributed by atoms with Gasteiger partial charge in [0, 0.05) is 29.5 Å². The fourth-order valence-corrected chi connectivity index (χ4v) is 3.24. The fourth-order valence-electron chi connectivity index (χ4n) is 2.81. The Morgan fingerprint density at radius 2 is 2.04 bits per heavy atom. The fraction of sp³-hybridized carbons (Fsp3) is 0.235. The van der Waals surface area contributed by atoms with Gasteiger partial charge < -0.3 is 10.2 Å². The Hall–Kier alpha value is -1.78. The summed E-state index contributed by atoms with van der Waals surface area (Å²) in [5, 5.41) is 3.62. The number of carbonyl (C=O) groups is 1. The number of alkyl halides is 1. The van der Waals surface area contributed by atoms with Crippen LogP contribution in [-0.2, 0) is 4.79 Å². The number of rotatable bonds is 2. The van der Waals surface area contributed by atoms with E-state index >= 15 is 0 Å². The van der Waals surface area contributed by atoms with E-state index in [1.54, 1.807) is 36.4 Å². The molecule has 1 aliphatic heterocycles. The molecule has 0 saturated carbocycles. The van der Waals surface area contributed by atoms with Gasteiger partial charge in [0.05, 0.1) is 16.6 Å². The predicted octanol–water partition coefficient (Wildman–Crippen LogP) is 4.48. The summed E-state index contributed by atoms with van der Waals surface area (Å²) in [5.74, 6) is -0.977. The highest BCUT2D eigenvalue weighted by molar-refractivity contribution is 6.36. The van der Waals surface area contributed by atoms with Gasteiger partial charge in [0.25, 0.3) is 5.91 Å². The highest BCUT2D eigenvalue weighted by Crippen LogP contribution is 2.38. The monoisotopic (exact) mass is 352 g/mol. The molecule has 120 valence electrons. The summed E-state index contributed by atoms with van der Waals surface area (Å²) in [7, 11) is 1.79. The van der Waals surface area contributed by atoms with Crippen molar-refractivity contribution in [3.05, 3.63) is 63.4 Å². The minimum absolute atomic E-state index is 0.364. The van der Waals surface area contributed by atoms with Crippen LogP contribution < -0.4 is 5.32 Å². The lowest BCUT2D eigenvalue weighted by molar-refractivity contribution is -0.113. The normalized spacial score (nSPS) is 22.6. The Morgan fingerprint density at radius 1 is 1.30 bits per heavy atom. The van der Waals surface area contributed by atoms with Crippen LogP contribution in [-0.4, -0.2) is 24.0 Å². The number of hydrogen-bond acceptors (Lipinski definition) is 2. The van der Waals surface area contributed by atoms with Crippen molar-refractivity contribution in [3.8, 4) is 0 Å². The summed E-state index contributed by atoms with van der Waals surface area (Å²) in [4.78, 5) is 14.3. The zero-order valence-corrected chi connectivity index (χ0v) is 14.1. The smallest absolute Gasteiger partial charge is 0.253 e. The van der Waals surface area contributed by atoms with Gasteiger partial charge in [-0.05, 0) is 36.8 Å². The highest BCUT2D eigenvalue weighted by Gasteiger charge is 2.38. The number of fused-ring (bicyclic) bond motifs is 1. The van der Waals surface area contributed by atoms with Crippen LogP contribution in [0, 0.1) is 12.8 Å². The molecule has 1 aliphatic carbocycles. The van der Waals surface area contributed by atoms with Gasteiger partial charge in [0.15, 0.2) is 0 Å². The largest absolute Gasteiger partial charge is 0.353 e. The molecule has 0 bridgehead atoms. The first-order valence-corrected chi connectivity index (χ1v) is 7.88. The molecule has 0 aromatic heterocycles. The number of amides is 1. The van der Waals surface area contributed by atoms with Crippen molar-refractivity contribution in [1.29, 1.82) is 0 Å². The zero-order valence-electron chi connectivity index (χ0n) is 12.6. The molecule has 6 heteroatoms. The molecule has 1 aromatic rings. The van der Waals surface area contributed by atoms with Crippen molar-refractivity contribution < 1.29 is 9.18 Å². The Labute approximate surface area is 144 Å². The van der Waals surface area contributed by atoms with E-state index < -0.39 is 12.1 Å². The molecule has 3 rings (SSSR count). The van der Waals surface area contributed by atoms with Crippen LogP contribution in [0.3, 0.4) is 0 Å². The molecule has 2 aliphatic rings. The number of anilines is 1. The SMILES string of the molecule is Cc1cc(Cl)c(NC(=O)C2=CN(C)C3=CC=CC(F)C23)cc1Cl. The van der Waals surface area contributed by atoms with Crippen molar-refractivity contribution in [2.24, 2.45) is 5.92 Å². The summed E-state index contributed by atoms with van der Waals surface area (Å²) in [6, 6.07) is 3.28. The zero-order chi connectivity index (χ0) is 16.7. The Morgan fingerprint density at radius 3 is 2.78 bits per heavy atom. The lowest BCUT2D eigenvalue weighted by Gasteiger charge is -2.23. The third-order valence-corrected chi connectivity index (χ3v) is 4.75. The van der Waals surface area contributed by atoms with Crippen LogP contribution in [0.25, 0.3) is 0 Å². The molecule has 1 heterocycles. The van der Waals surface area contributed by atoms with Gasteiger partial charge in [-0.1, -0.05) is 29.3 Å². The average molecular weight is 353 g/mol. The second kappa shape index (κ2) is 6.02. The van der Waals surface area contributed by atoms with Crippen molar-refractivity contribution >= 4 is 34.8 Å². The lowest BCUT2D eigenvalue weighted by atomic mass is 9.90. The highest BCUT2D eigenvalue weighted by atomic mass is 35.5. The standard InChI is InChI=1S/C17H15Cl2FN2O/c1-9-6-12(19)14(7-11(9)18)21-17(23)10-8-22(2)15-5-3-4-13(20)16(10)15/h3-8,13,16H,1-2H3,(H,21,23). The van der Waals surface area contributed by atoms with Crippen LogP contribution in [0.1, 0.15) is 5.56 Å². The average Bonchev–Trinajstić information content (AvgIpc) is 2.84. The topological polar surface area (TPSA) is 32.3 Å². The number of allylic oxidation sites excluding steroid dienone is 4. The molecule has 2 unspecified atom stereocenters. The Kier molecular flexibility index (Phi) is 4.21. The molecular formula is C17H15Cl2FN2O. The van der Waals surface area contributed by atoms with Crippen LogP contribution in [0.4, 0.5) is 10.1 Å². The first kappa shape index (κ1) is 16.1. The molecule has 0 saturated heterocycles. The maximum atomic E-state index is 14.2. The molecule has 0 fully saturated rings. The van der Waals surface area contributed by atoms with E-state index in [2.05, 4.69) is 5.32 Å². The number of aryl methyl sites for hydroxylation is 1. The second-order valence-electron chi connectivity index (χ2n) is 5.63. The molecule has 3 nitrogen and oxygen atoms in total. The molecule has 1 amide bonds. The number of hydrogen-bond donors (Lipinski definition) is 1. The maximum Gasteiger partial charge on any atom is 0.253 e. The van der Waals surface area contributed by atoms with Crippen LogP contribution in [0.5, 0.6) is 0 Å². The molecule has 0 radical (unpaired) electrons. The maximum absolute atomic E-state index is 14.2. The Bertz CT molecular complexity index is 770. The summed E-state index contributed by atoms with van der Waals surface area (Å²) in [6.07, 6.45) is 5.35. The van der Waals surface area contributed by atoms with Crippen LogP contribution in [0.15, 0.2) is 47.8 Å². The summed E-state index contributed by atoms with van der Waals surface area (Å²) < 4.78 is 14.2. The second-order valence-corrected chi connectivity index (χ2v) is 6.44. The number of nitrogens with one attached hydrogen (secondary N) is 1. The van der Waals surface area contributed by atoms with Crippen LogP contribution >= 0.6 is 23.2 Å². The van der Waals surface area contributed by atoms with Gasteiger partial charge in [0.2, 0.25) is 0 Å². The minimum atomic E-state index is -1.23. The molecule has 2 atom stereocenters. The summed E-state index contributed by atoms with van der Waals surface area (Å²) >= 11 is 12.2. The Balaban J connectivity index is 1.87. The van der Waals surface area contributed by atoms with E-state index in [0.717, 1.165) is 11.3 Å². The van der Waals surface area contributed by atoms with E-state index in [1.165, 1.54) is 6.08 Å². The predicted molar refractivity (Wildman–Crippen MR) is 91.3 cm³/mol. The number of benzene rings is 1. The number of carbonyl (C=O) groups excluding carboxylic acids is 1. The van der Waals surface area contributed by atoms with Crippen molar-refractivity contribution in [2.45, 2.75) is 13.1 Å². The van der Waals surface area contributed by atoms with E-state index in [9.17, 15) is 9.18 Å². The van der Waals surface area contributed by atoms with Gasteiger partial charge >= 0.3 is 0 Å². The van der Waals surface area contributed by atoms with Gasteiger partial charge in [0.1, 0.15) is 6.17 Å². The van der Waals surface area contributed by atoms with E-state index in [1.807, 2.05) is 13.0 Å². The molecule has 23 heavy (non-hydrogen) atoms. The van der Waals surface area contributed by atoms with Crippen LogP contribution in [0.2, 0.25) is 10.0 Å². The van der Waals surface area contributed by atoms with E-state index in [-0.39, 0.29) is 5.91 Å². The molecule has 1 N–H and O–H groups in total. The first-order chi connectivity index (χ1) is 10.9. The molecule has 0 spiro atoms. The third kappa shape index (κ3) is 2.89. The molecular weight excluding hydrogens is 338 g/mol. The summed E-state index contributed by atoms with van der Waals surface area (Å²) in [5.41, 5.74) is 2.36. The third-order valence-electron chi connectivity index (χ3n) is 4.03. The van der Waals surface area contributed by atoms with Gasteiger partial charge in [-0.25, -0.2) is 4.39 Å². The van der Waals surface area contributed by atoms with Gasteiger partial charge in [-0.15, -0.1) is 0 Å². The van der Waals surface area contributed by atoms with Crippen molar-refractivity contribution in [2.75, 3.05) is 12.4 Å². The number of nitrogens with zero attached hydrogens (tertiary/aromatic N) is 1. The molecule has 1 aromatic carbocycles. The summed E-state index contributed by atoms with van der Waals surface area (Å²) in [6.45, 7) is 1.83. The number of halogens is 3. The quantitative estimate of drug-likeness (QED) is 0.850. The van der Waals surface area contributed by atoms with Crippen molar-refractivity contribution in [1.82, 2.24) is 4.90 Å². The minimum Gasteiger partial charge on any atom is -0.353 e. The van der Waals surface area contributed by atoms with E-state index in [0.29, 0.717) is 21.3 Å². The van der Waals surface area contributed by atoms with E-state index in [4.69, 9.17) is 23.2 Å². The van der Waals surface area contributed by atoms with Gasteiger partial charge in [-0.3, -0.25) is 4.79 Å².